The van der Waals surface area contributed by atoms with Crippen molar-refractivity contribution in [3.8, 4) is 0 Å². The summed E-state index contributed by atoms with van der Waals surface area (Å²) in [6, 6.07) is 0. The number of rotatable bonds is 7. The maximum absolute atomic E-state index is 11.1. The fraction of sp³-hybridized carbons (Fsp3) is 0.900. The highest BCUT2D eigenvalue weighted by molar-refractivity contribution is 6.52. The molecule has 1 unspecified atom stereocenters. The third-order valence-electron chi connectivity index (χ3n) is 2.05. The topological polar surface area (TPSA) is 26.3 Å². The van der Waals surface area contributed by atoms with Crippen molar-refractivity contribution in [1.29, 1.82) is 0 Å². The van der Waals surface area contributed by atoms with Gasteiger partial charge in [-0.05, 0) is 19.3 Å². The van der Waals surface area contributed by atoms with Crippen molar-refractivity contribution in [1.82, 2.24) is 0 Å². The van der Waals surface area contributed by atoms with Gasteiger partial charge in [-0.25, -0.2) is 4.79 Å². The molecule has 0 spiro atoms. The van der Waals surface area contributed by atoms with E-state index in [1.165, 1.54) is 6.42 Å². The van der Waals surface area contributed by atoms with Gasteiger partial charge in [-0.15, -0.1) is 0 Å². The van der Waals surface area contributed by atoms with Gasteiger partial charge in [0.1, 0.15) is 6.10 Å². The Hall–Kier alpha value is 0.0500. The van der Waals surface area contributed by atoms with E-state index in [2.05, 4.69) is 6.92 Å². The third kappa shape index (κ3) is 6.50. The van der Waals surface area contributed by atoms with Crippen molar-refractivity contribution >= 4 is 29.2 Å². The highest BCUT2D eigenvalue weighted by Crippen LogP contribution is 2.13. The molecule has 0 aromatic carbocycles. The number of hydrogen-bond acceptors (Lipinski definition) is 2. The SMILES string of the molecule is CCCCCC(CC)OC(=O)C(Cl)Cl. The van der Waals surface area contributed by atoms with Crippen molar-refractivity contribution in [2.75, 3.05) is 0 Å². The van der Waals surface area contributed by atoms with Gasteiger partial charge in [0.15, 0.2) is 0 Å². The van der Waals surface area contributed by atoms with Gasteiger partial charge in [0.25, 0.3) is 0 Å². The maximum atomic E-state index is 11.1. The van der Waals surface area contributed by atoms with Crippen LogP contribution in [0.15, 0.2) is 0 Å². The number of ether oxygens (including phenoxy) is 1. The molecule has 0 aromatic heterocycles. The number of hydrogen-bond donors (Lipinski definition) is 0. The first kappa shape index (κ1) is 14.1. The molecule has 0 bridgehead atoms. The lowest BCUT2D eigenvalue weighted by Crippen LogP contribution is -2.21. The van der Waals surface area contributed by atoms with E-state index in [4.69, 9.17) is 27.9 Å². The fourth-order valence-corrected chi connectivity index (χ4v) is 1.29. The molecule has 0 heterocycles. The second-order valence-electron chi connectivity index (χ2n) is 3.26. The Balaban J connectivity index is 3.73. The highest BCUT2D eigenvalue weighted by atomic mass is 35.5. The lowest BCUT2D eigenvalue weighted by Gasteiger charge is -2.16. The maximum Gasteiger partial charge on any atom is 0.339 e. The molecule has 0 aromatic rings. The van der Waals surface area contributed by atoms with Gasteiger partial charge >= 0.3 is 5.97 Å². The summed E-state index contributed by atoms with van der Waals surface area (Å²) in [6.07, 6.45) is 5.09. The van der Waals surface area contributed by atoms with Crippen LogP contribution in [0.3, 0.4) is 0 Å². The Bertz CT molecular complexity index is 160. The lowest BCUT2D eigenvalue weighted by molar-refractivity contribution is -0.147. The van der Waals surface area contributed by atoms with E-state index in [1.54, 1.807) is 0 Å². The van der Waals surface area contributed by atoms with Crippen molar-refractivity contribution < 1.29 is 9.53 Å². The van der Waals surface area contributed by atoms with Crippen LogP contribution in [-0.2, 0) is 9.53 Å². The van der Waals surface area contributed by atoms with E-state index in [-0.39, 0.29) is 6.10 Å². The fourth-order valence-electron chi connectivity index (χ4n) is 1.18. The van der Waals surface area contributed by atoms with Gasteiger partial charge < -0.3 is 4.74 Å². The van der Waals surface area contributed by atoms with Crippen molar-refractivity contribution in [2.45, 2.75) is 56.9 Å². The van der Waals surface area contributed by atoms with E-state index < -0.39 is 10.8 Å². The molecule has 0 aliphatic heterocycles. The zero-order valence-corrected chi connectivity index (χ0v) is 10.3. The number of unbranched alkanes of at least 4 members (excludes halogenated alkanes) is 2. The van der Waals surface area contributed by atoms with Gasteiger partial charge in [0.2, 0.25) is 4.84 Å². The molecule has 0 aliphatic rings. The van der Waals surface area contributed by atoms with Gasteiger partial charge in [-0.1, -0.05) is 49.9 Å². The molecule has 0 amide bonds. The third-order valence-corrected chi connectivity index (χ3v) is 2.40. The Morgan fingerprint density at radius 3 is 2.36 bits per heavy atom. The Morgan fingerprint density at radius 1 is 1.29 bits per heavy atom. The number of alkyl halides is 2. The average molecular weight is 241 g/mol. The summed E-state index contributed by atoms with van der Waals surface area (Å²) in [5.74, 6) is -0.531. The van der Waals surface area contributed by atoms with Crippen LogP contribution in [0.4, 0.5) is 0 Å². The second-order valence-corrected chi connectivity index (χ2v) is 4.36. The van der Waals surface area contributed by atoms with E-state index >= 15 is 0 Å². The average Bonchev–Trinajstić information content (AvgIpc) is 2.16. The summed E-state index contributed by atoms with van der Waals surface area (Å²) in [6.45, 7) is 4.13. The molecule has 0 radical (unpaired) electrons. The molecule has 0 rings (SSSR count). The summed E-state index contributed by atoms with van der Waals surface area (Å²) < 4.78 is 5.10. The van der Waals surface area contributed by atoms with Crippen LogP contribution in [0.1, 0.15) is 46.0 Å². The lowest BCUT2D eigenvalue weighted by atomic mass is 10.1. The van der Waals surface area contributed by atoms with Gasteiger partial charge in [-0.2, -0.15) is 0 Å². The molecule has 0 saturated carbocycles. The van der Waals surface area contributed by atoms with E-state index in [0.717, 1.165) is 25.7 Å². The quantitative estimate of drug-likeness (QED) is 0.386. The van der Waals surface area contributed by atoms with Gasteiger partial charge in [0.05, 0.1) is 0 Å². The van der Waals surface area contributed by atoms with Crippen LogP contribution >= 0.6 is 23.2 Å². The van der Waals surface area contributed by atoms with Crippen molar-refractivity contribution in [2.24, 2.45) is 0 Å². The minimum Gasteiger partial charge on any atom is -0.460 e. The van der Waals surface area contributed by atoms with Crippen LogP contribution in [0.2, 0.25) is 0 Å². The largest absolute Gasteiger partial charge is 0.460 e. The Morgan fingerprint density at radius 2 is 1.93 bits per heavy atom. The molecule has 14 heavy (non-hydrogen) atoms. The smallest absolute Gasteiger partial charge is 0.339 e. The van der Waals surface area contributed by atoms with E-state index in [0.29, 0.717) is 0 Å². The molecule has 84 valence electrons. The monoisotopic (exact) mass is 240 g/mol. The van der Waals surface area contributed by atoms with E-state index in [1.807, 2.05) is 6.92 Å². The van der Waals surface area contributed by atoms with Crippen LogP contribution in [0.25, 0.3) is 0 Å². The Kier molecular flexibility index (Phi) is 8.40. The van der Waals surface area contributed by atoms with E-state index in [9.17, 15) is 4.79 Å². The van der Waals surface area contributed by atoms with Crippen LogP contribution in [0, 0.1) is 0 Å². The first-order chi connectivity index (χ1) is 6.61. The molecule has 1 atom stereocenters. The molecule has 2 nitrogen and oxygen atoms in total. The summed E-state index contributed by atoms with van der Waals surface area (Å²) >= 11 is 10.8. The van der Waals surface area contributed by atoms with Crippen molar-refractivity contribution in [3.63, 3.8) is 0 Å². The zero-order valence-electron chi connectivity index (χ0n) is 8.76. The number of carbonyl (C=O) groups excluding carboxylic acids is 1. The van der Waals surface area contributed by atoms with Gasteiger partial charge in [0, 0.05) is 0 Å². The minimum absolute atomic E-state index is 0.0333. The summed E-state index contributed by atoms with van der Waals surface area (Å²) in [4.78, 5) is 10.00. The van der Waals surface area contributed by atoms with Crippen molar-refractivity contribution in [3.05, 3.63) is 0 Å². The standard InChI is InChI=1S/C10H18Cl2O2/c1-3-5-6-7-8(4-2)14-10(13)9(11)12/h8-9H,3-7H2,1-2H3. The van der Waals surface area contributed by atoms with Crippen LogP contribution in [0.5, 0.6) is 0 Å². The normalized spacial score (nSPS) is 12.9. The predicted molar refractivity (Wildman–Crippen MR) is 59.8 cm³/mol. The highest BCUT2D eigenvalue weighted by Gasteiger charge is 2.17. The molecule has 0 N–H and O–H groups in total. The molecule has 4 heteroatoms. The Labute approximate surface area is 95.9 Å². The second kappa shape index (κ2) is 8.37. The molecular weight excluding hydrogens is 223 g/mol. The number of halogens is 2. The first-order valence-electron chi connectivity index (χ1n) is 5.10. The number of esters is 1. The summed E-state index contributed by atoms with van der Waals surface area (Å²) in [5, 5.41) is 0. The van der Waals surface area contributed by atoms with Gasteiger partial charge in [-0.3, -0.25) is 0 Å². The summed E-state index contributed by atoms with van der Waals surface area (Å²) in [7, 11) is 0. The minimum atomic E-state index is -1.06. The van der Waals surface area contributed by atoms with Crippen LogP contribution in [-0.4, -0.2) is 16.9 Å². The number of carbonyl (C=O) groups is 1. The molecule has 0 saturated heterocycles. The van der Waals surface area contributed by atoms with Crippen LogP contribution < -0.4 is 0 Å². The molecule has 0 fully saturated rings. The molecule has 0 aliphatic carbocycles. The zero-order chi connectivity index (χ0) is 11.0. The molecular formula is C10H18Cl2O2. The first-order valence-corrected chi connectivity index (χ1v) is 5.97. The summed E-state index contributed by atoms with van der Waals surface area (Å²) in [5.41, 5.74) is 0. The predicted octanol–water partition coefficient (Wildman–Crippen LogP) is 3.69.